The standard InChI is InChI=1S/C16H19N5/c1-11(17)12-4-6-13(7-5-12)21-18-15-9-8-14(20(2)3)10-16(15)19-21/h4-11H,17H2,1-3H3/t11-/m1/s1. The molecule has 0 aliphatic heterocycles. The molecule has 1 aromatic heterocycles. The normalized spacial score (nSPS) is 12.6. The van der Waals surface area contributed by atoms with Crippen LogP contribution in [0.4, 0.5) is 5.69 Å². The van der Waals surface area contributed by atoms with Crippen molar-refractivity contribution >= 4 is 16.7 Å². The molecule has 0 amide bonds. The summed E-state index contributed by atoms with van der Waals surface area (Å²) in [6.07, 6.45) is 0. The van der Waals surface area contributed by atoms with E-state index in [2.05, 4.69) is 15.1 Å². The van der Waals surface area contributed by atoms with Gasteiger partial charge in [0.05, 0.1) is 5.69 Å². The Kier molecular flexibility index (Phi) is 3.35. The summed E-state index contributed by atoms with van der Waals surface area (Å²) in [5.74, 6) is 0. The number of aromatic nitrogens is 3. The average molecular weight is 281 g/mol. The molecule has 0 aliphatic carbocycles. The zero-order valence-electron chi connectivity index (χ0n) is 12.5. The second-order valence-electron chi connectivity index (χ2n) is 5.44. The van der Waals surface area contributed by atoms with Crippen LogP contribution in [0.3, 0.4) is 0 Å². The fourth-order valence-corrected chi connectivity index (χ4v) is 2.21. The van der Waals surface area contributed by atoms with Gasteiger partial charge in [-0.15, -0.1) is 10.2 Å². The van der Waals surface area contributed by atoms with Crippen LogP contribution in [-0.4, -0.2) is 29.1 Å². The fourth-order valence-electron chi connectivity index (χ4n) is 2.21. The van der Waals surface area contributed by atoms with E-state index in [1.807, 2.05) is 63.5 Å². The van der Waals surface area contributed by atoms with Crippen LogP contribution in [0.1, 0.15) is 18.5 Å². The zero-order valence-corrected chi connectivity index (χ0v) is 12.5. The minimum atomic E-state index is 0.0337. The van der Waals surface area contributed by atoms with Gasteiger partial charge in [0.25, 0.3) is 0 Å². The van der Waals surface area contributed by atoms with E-state index in [4.69, 9.17) is 5.73 Å². The molecule has 0 unspecified atom stereocenters. The van der Waals surface area contributed by atoms with Gasteiger partial charge in [-0.25, -0.2) is 0 Å². The summed E-state index contributed by atoms with van der Waals surface area (Å²) in [5, 5.41) is 9.06. The van der Waals surface area contributed by atoms with Crippen molar-refractivity contribution in [2.75, 3.05) is 19.0 Å². The van der Waals surface area contributed by atoms with Gasteiger partial charge in [-0.3, -0.25) is 0 Å². The number of nitrogens with zero attached hydrogens (tertiary/aromatic N) is 4. The molecule has 2 N–H and O–H groups in total. The lowest BCUT2D eigenvalue weighted by molar-refractivity contribution is 0.761. The third kappa shape index (κ3) is 2.60. The molecular formula is C16H19N5. The van der Waals surface area contributed by atoms with Crippen molar-refractivity contribution < 1.29 is 0 Å². The molecule has 0 spiro atoms. The molecule has 1 atom stereocenters. The average Bonchev–Trinajstić information content (AvgIpc) is 2.90. The number of nitrogens with two attached hydrogens (primary N) is 1. The van der Waals surface area contributed by atoms with Crippen molar-refractivity contribution in [2.24, 2.45) is 5.73 Å². The van der Waals surface area contributed by atoms with Crippen LogP contribution in [0.5, 0.6) is 0 Å². The fraction of sp³-hybridized carbons (Fsp3) is 0.250. The smallest absolute Gasteiger partial charge is 0.115 e. The molecule has 0 fully saturated rings. The number of benzene rings is 2. The number of hydrogen-bond donors (Lipinski definition) is 1. The molecule has 0 bridgehead atoms. The summed E-state index contributed by atoms with van der Waals surface area (Å²) in [6.45, 7) is 1.97. The highest BCUT2D eigenvalue weighted by Crippen LogP contribution is 2.19. The van der Waals surface area contributed by atoms with E-state index in [0.717, 1.165) is 28.0 Å². The molecule has 108 valence electrons. The first-order valence-electron chi connectivity index (χ1n) is 6.95. The summed E-state index contributed by atoms with van der Waals surface area (Å²) >= 11 is 0. The second kappa shape index (κ2) is 5.18. The first kappa shape index (κ1) is 13.6. The summed E-state index contributed by atoms with van der Waals surface area (Å²) in [7, 11) is 4.02. The monoisotopic (exact) mass is 281 g/mol. The van der Waals surface area contributed by atoms with Gasteiger partial charge in [-0.2, -0.15) is 4.80 Å². The lowest BCUT2D eigenvalue weighted by Gasteiger charge is -2.10. The van der Waals surface area contributed by atoms with Crippen LogP contribution in [0.15, 0.2) is 42.5 Å². The molecule has 5 heteroatoms. The van der Waals surface area contributed by atoms with Crippen molar-refractivity contribution in [3.05, 3.63) is 48.0 Å². The molecule has 21 heavy (non-hydrogen) atoms. The van der Waals surface area contributed by atoms with Gasteiger partial charge in [-0.1, -0.05) is 12.1 Å². The molecule has 3 rings (SSSR count). The highest BCUT2D eigenvalue weighted by Gasteiger charge is 2.07. The lowest BCUT2D eigenvalue weighted by Crippen LogP contribution is -2.07. The Labute approximate surface area is 124 Å². The van der Waals surface area contributed by atoms with Crippen LogP contribution >= 0.6 is 0 Å². The van der Waals surface area contributed by atoms with Gasteiger partial charge < -0.3 is 10.6 Å². The van der Waals surface area contributed by atoms with Gasteiger partial charge in [0, 0.05) is 25.8 Å². The first-order chi connectivity index (χ1) is 10.0. The Balaban J connectivity index is 2.00. The van der Waals surface area contributed by atoms with Gasteiger partial charge in [0.2, 0.25) is 0 Å². The molecule has 5 nitrogen and oxygen atoms in total. The Hall–Kier alpha value is -2.40. The highest BCUT2D eigenvalue weighted by molar-refractivity contribution is 5.78. The van der Waals surface area contributed by atoms with Gasteiger partial charge in [0.15, 0.2) is 0 Å². The van der Waals surface area contributed by atoms with Crippen molar-refractivity contribution in [2.45, 2.75) is 13.0 Å². The molecule has 0 aliphatic rings. The van der Waals surface area contributed by atoms with E-state index in [0.29, 0.717) is 0 Å². The van der Waals surface area contributed by atoms with E-state index in [9.17, 15) is 0 Å². The van der Waals surface area contributed by atoms with E-state index < -0.39 is 0 Å². The summed E-state index contributed by atoms with van der Waals surface area (Å²) < 4.78 is 0. The minimum absolute atomic E-state index is 0.0337. The van der Waals surface area contributed by atoms with Gasteiger partial charge in [0.1, 0.15) is 11.0 Å². The summed E-state index contributed by atoms with van der Waals surface area (Å²) in [4.78, 5) is 3.71. The Morgan fingerprint density at radius 3 is 2.29 bits per heavy atom. The third-order valence-electron chi connectivity index (χ3n) is 3.53. The number of anilines is 1. The van der Waals surface area contributed by atoms with Crippen LogP contribution in [-0.2, 0) is 0 Å². The predicted molar refractivity (Wildman–Crippen MR) is 85.8 cm³/mol. The first-order valence-corrected chi connectivity index (χ1v) is 6.95. The molecule has 0 radical (unpaired) electrons. The Bertz CT molecular complexity index is 756. The molecule has 3 aromatic rings. The molecule has 2 aromatic carbocycles. The van der Waals surface area contributed by atoms with Crippen LogP contribution in [0.25, 0.3) is 16.7 Å². The SMILES string of the molecule is C[C@@H](N)c1ccc(-n2nc3ccc(N(C)C)cc3n2)cc1. The van der Waals surface area contributed by atoms with E-state index in [1.54, 1.807) is 4.80 Å². The number of fused-ring (bicyclic) bond motifs is 1. The van der Waals surface area contributed by atoms with E-state index in [-0.39, 0.29) is 6.04 Å². The Morgan fingerprint density at radius 1 is 1.00 bits per heavy atom. The topological polar surface area (TPSA) is 60.0 Å². The van der Waals surface area contributed by atoms with Crippen molar-refractivity contribution in [3.8, 4) is 5.69 Å². The highest BCUT2D eigenvalue weighted by atomic mass is 15.5. The Morgan fingerprint density at radius 2 is 1.67 bits per heavy atom. The maximum absolute atomic E-state index is 5.87. The number of hydrogen-bond acceptors (Lipinski definition) is 4. The minimum Gasteiger partial charge on any atom is -0.378 e. The van der Waals surface area contributed by atoms with Gasteiger partial charge in [-0.05, 0) is 42.8 Å². The quantitative estimate of drug-likeness (QED) is 0.801. The predicted octanol–water partition coefficient (Wildman–Crippen LogP) is 2.51. The lowest BCUT2D eigenvalue weighted by atomic mass is 10.1. The molecular weight excluding hydrogens is 262 g/mol. The summed E-state index contributed by atoms with van der Waals surface area (Å²) in [6, 6.07) is 14.1. The second-order valence-corrected chi connectivity index (χ2v) is 5.44. The van der Waals surface area contributed by atoms with Gasteiger partial charge >= 0.3 is 0 Å². The molecule has 0 saturated heterocycles. The van der Waals surface area contributed by atoms with Crippen molar-refractivity contribution in [3.63, 3.8) is 0 Å². The maximum atomic E-state index is 5.87. The summed E-state index contributed by atoms with van der Waals surface area (Å²) in [5.41, 5.74) is 10.8. The number of rotatable bonds is 3. The molecule has 0 saturated carbocycles. The van der Waals surface area contributed by atoms with E-state index >= 15 is 0 Å². The zero-order chi connectivity index (χ0) is 15.0. The van der Waals surface area contributed by atoms with Crippen molar-refractivity contribution in [1.82, 2.24) is 15.0 Å². The van der Waals surface area contributed by atoms with Crippen molar-refractivity contribution in [1.29, 1.82) is 0 Å². The maximum Gasteiger partial charge on any atom is 0.115 e. The van der Waals surface area contributed by atoms with Crippen LogP contribution < -0.4 is 10.6 Å². The largest absolute Gasteiger partial charge is 0.378 e. The third-order valence-corrected chi connectivity index (χ3v) is 3.53. The van der Waals surface area contributed by atoms with Crippen LogP contribution in [0.2, 0.25) is 0 Å². The molecule has 1 heterocycles. The van der Waals surface area contributed by atoms with E-state index in [1.165, 1.54) is 0 Å². The van der Waals surface area contributed by atoms with Crippen LogP contribution in [0, 0.1) is 0 Å².